The Labute approximate surface area is 168 Å². The second-order valence-electron chi connectivity index (χ2n) is 7.85. The summed E-state index contributed by atoms with van der Waals surface area (Å²) in [6.07, 6.45) is 5.50. The Hall–Kier alpha value is -2.34. The van der Waals surface area contributed by atoms with Gasteiger partial charge in [0.25, 0.3) is 0 Å². The predicted octanol–water partition coefficient (Wildman–Crippen LogP) is 4.04. The summed E-state index contributed by atoms with van der Waals surface area (Å²) in [5.74, 6) is 1.19. The zero-order valence-electron chi connectivity index (χ0n) is 17.3. The zero-order valence-corrected chi connectivity index (χ0v) is 17.3. The van der Waals surface area contributed by atoms with Crippen molar-refractivity contribution in [2.45, 2.75) is 46.1 Å². The van der Waals surface area contributed by atoms with E-state index in [1.54, 1.807) is 0 Å². The summed E-state index contributed by atoms with van der Waals surface area (Å²) >= 11 is 0. The maximum Gasteiger partial charge on any atom is 0.320 e. The minimum Gasteiger partial charge on any atom is -0.338 e. The summed E-state index contributed by atoms with van der Waals surface area (Å²) in [5, 5.41) is 10.5. The molecule has 0 saturated carbocycles. The predicted molar refractivity (Wildman–Crippen MR) is 114 cm³/mol. The molecule has 6 heteroatoms. The highest BCUT2D eigenvalue weighted by molar-refractivity contribution is 5.88. The van der Waals surface area contributed by atoms with E-state index in [0.717, 1.165) is 38.0 Å². The van der Waals surface area contributed by atoms with E-state index in [2.05, 4.69) is 46.6 Å². The number of amides is 2. The van der Waals surface area contributed by atoms with Crippen molar-refractivity contribution in [3.8, 4) is 0 Å². The lowest BCUT2D eigenvalue weighted by molar-refractivity contribution is 0.182. The van der Waals surface area contributed by atoms with Crippen molar-refractivity contribution in [3.05, 3.63) is 47.7 Å². The number of hydrogen-bond acceptors (Lipinski definition) is 3. The minimum atomic E-state index is -0.170. The maximum atomic E-state index is 12.3. The molecular weight excluding hydrogens is 350 g/mol. The van der Waals surface area contributed by atoms with Gasteiger partial charge in [-0.1, -0.05) is 37.3 Å². The van der Waals surface area contributed by atoms with Crippen LogP contribution in [0, 0.1) is 12.8 Å². The molecule has 2 heterocycles. The first-order valence-electron chi connectivity index (χ1n) is 10.4. The molecule has 1 aliphatic rings. The summed E-state index contributed by atoms with van der Waals surface area (Å²) in [5.41, 5.74) is 2.15. The third kappa shape index (κ3) is 5.35. The first kappa shape index (κ1) is 20.4. The SMILES string of the molecule is CCCN1CCC(CNC(=O)Nc2nn([C@H](C)c3ccccc3)cc2C)CC1. The van der Waals surface area contributed by atoms with Gasteiger partial charge >= 0.3 is 6.03 Å². The lowest BCUT2D eigenvalue weighted by atomic mass is 9.97. The van der Waals surface area contributed by atoms with E-state index in [-0.39, 0.29) is 12.1 Å². The van der Waals surface area contributed by atoms with Gasteiger partial charge in [-0.25, -0.2) is 4.79 Å². The normalized spacial score (nSPS) is 16.7. The number of carbonyl (C=O) groups excluding carboxylic acids is 1. The first-order chi connectivity index (χ1) is 13.6. The molecule has 1 saturated heterocycles. The van der Waals surface area contributed by atoms with Crippen LogP contribution in [0.25, 0.3) is 0 Å². The molecule has 3 rings (SSSR count). The van der Waals surface area contributed by atoms with Gasteiger partial charge in [-0.3, -0.25) is 10.00 Å². The van der Waals surface area contributed by atoms with Crippen LogP contribution in [-0.4, -0.2) is 46.9 Å². The van der Waals surface area contributed by atoms with E-state index in [9.17, 15) is 4.79 Å². The molecule has 28 heavy (non-hydrogen) atoms. The number of nitrogens with zero attached hydrogens (tertiary/aromatic N) is 3. The Morgan fingerprint density at radius 1 is 1.25 bits per heavy atom. The van der Waals surface area contributed by atoms with Gasteiger partial charge in [0.15, 0.2) is 5.82 Å². The van der Waals surface area contributed by atoms with Crippen molar-refractivity contribution in [3.63, 3.8) is 0 Å². The second kappa shape index (κ2) is 9.73. The highest BCUT2D eigenvalue weighted by Crippen LogP contribution is 2.21. The van der Waals surface area contributed by atoms with E-state index in [1.807, 2.05) is 36.0 Å². The van der Waals surface area contributed by atoms with E-state index in [0.29, 0.717) is 11.7 Å². The van der Waals surface area contributed by atoms with Crippen LogP contribution in [0.1, 0.15) is 50.3 Å². The van der Waals surface area contributed by atoms with Gasteiger partial charge in [-0.2, -0.15) is 5.10 Å². The van der Waals surface area contributed by atoms with Crippen LogP contribution >= 0.6 is 0 Å². The molecular formula is C22H33N5O. The molecule has 2 amide bonds. The van der Waals surface area contributed by atoms with Crippen LogP contribution < -0.4 is 10.6 Å². The van der Waals surface area contributed by atoms with E-state index >= 15 is 0 Å². The maximum absolute atomic E-state index is 12.3. The summed E-state index contributed by atoms with van der Waals surface area (Å²) in [6, 6.07) is 10.2. The molecule has 2 aromatic rings. The van der Waals surface area contributed by atoms with Gasteiger partial charge in [0.1, 0.15) is 0 Å². The van der Waals surface area contributed by atoms with Crippen molar-refractivity contribution in [2.24, 2.45) is 5.92 Å². The largest absolute Gasteiger partial charge is 0.338 e. The Balaban J connectivity index is 1.49. The number of carbonyl (C=O) groups is 1. The monoisotopic (exact) mass is 383 g/mol. The third-order valence-corrected chi connectivity index (χ3v) is 5.62. The fourth-order valence-electron chi connectivity index (χ4n) is 3.81. The molecule has 1 aliphatic heterocycles. The molecule has 6 nitrogen and oxygen atoms in total. The molecule has 1 atom stereocenters. The van der Waals surface area contributed by atoms with Crippen LogP contribution in [0.4, 0.5) is 10.6 Å². The van der Waals surface area contributed by atoms with Gasteiger partial charge in [0.05, 0.1) is 6.04 Å². The quantitative estimate of drug-likeness (QED) is 0.758. The summed E-state index contributed by atoms with van der Waals surface area (Å²) in [6.45, 7) is 10.5. The standard InChI is InChI=1S/C22H33N5O/c1-4-12-26-13-10-19(11-14-26)15-23-22(28)24-21-17(2)16-27(25-21)18(3)20-8-6-5-7-9-20/h5-9,16,18-19H,4,10-15H2,1-3H3,(H2,23,24,25,28)/t18-/m1/s1. The summed E-state index contributed by atoms with van der Waals surface area (Å²) in [7, 11) is 0. The number of nitrogens with one attached hydrogen (secondary N) is 2. The molecule has 0 unspecified atom stereocenters. The zero-order chi connectivity index (χ0) is 19.9. The van der Waals surface area contributed by atoms with E-state index < -0.39 is 0 Å². The van der Waals surface area contributed by atoms with Gasteiger partial charge in [-0.05, 0) is 64.2 Å². The second-order valence-corrected chi connectivity index (χ2v) is 7.85. The summed E-state index contributed by atoms with van der Waals surface area (Å²) < 4.78 is 1.91. The Morgan fingerprint density at radius 3 is 2.64 bits per heavy atom. The lowest BCUT2D eigenvalue weighted by Crippen LogP contribution is -2.40. The van der Waals surface area contributed by atoms with Crippen molar-refractivity contribution in [1.29, 1.82) is 0 Å². The van der Waals surface area contributed by atoms with Gasteiger partial charge < -0.3 is 10.2 Å². The number of benzene rings is 1. The minimum absolute atomic E-state index is 0.117. The average molecular weight is 384 g/mol. The molecule has 0 bridgehead atoms. The Bertz CT molecular complexity index is 750. The van der Waals surface area contributed by atoms with Crippen molar-refractivity contribution < 1.29 is 4.79 Å². The topological polar surface area (TPSA) is 62.2 Å². The first-order valence-corrected chi connectivity index (χ1v) is 10.4. The van der Waals surface area contributed by atoms with Gasteiger partial charge in [0, 0.05) is 18.3 Å². The number of urea groups is 1. The molecule has 152 valence electrons. The third-order valence-electron chi connectivity index (χ3n) is 5.62. The number of likely N-dealkylation sites (tertiary alicyclic amines) is 1. The fourth-order valence-corrected chi connectivity index (χ4v) is 3.81. The van der Waals surface area contributed by atoms with Crippen LogP contribution in [-0.2, 0) is 0 Å². The number of aromatic nitrogens is 2. The van der Waals surface area contributed by atoms with Crippen LogP contribution in [0.2, 0.25) is 0 Å². The van der Waals surface area contributed by atoms with Crippen LogP contribution in [0.15, 0.2) is 36.5 Å². The van der Waals surface area contributed by atoms with Crippen LogP contribution in [0.3, 0.4) is 0 Å². The smallest absolute Gasteiger partial charge is 0.320 e. The van der Waals surface area contributed by atoms with Crippen molar-refractivity contribution in [1.82, 2.24) is 20.0 Å². The van der Waals surface area contributed by atoms with Gasteiger partial charge in [0.2, 0.25) is 0 Å². The van der Waals surface area contributed by atoms with Gasteiger partial charge in [-0.15, -0.1) is 0 Å². The van der Waals surface area contributed by atoms with Crippen molar-refractivity contribution in [2.75, 3.05) is 31.5 Å². The van der Waals surface area contributed by atoms with E-state index in [1.165, 1.54) is 18.5 Å². The average Bonchev–Trinajstić information content (AvgIpc) is 3.08. The van der Waals surface area contributed by atoms with E-state index in [4.69, 9.17) is 0 Å². The molecule has 2 N–H and O–H groups in total. The van der Waals surface area contributed by atoms with Crippen LogP contribution in [0.5, 0.6) is 0 Å². The fraction of sp³-hybridized carbons (Fsp3) is 0.545. The molecule has 1 aromatic heterocycles. The molecule has 0 spiro atoms. The Morgan fingerprint density at radius 2 is 1.96 bits per heavy atom. The molecule has 0 aliphatic carbocycles. The number of hydrogen-bond donors (Lipinski definition) is 2. The highest BCUT2D eigenvalue weighted by atomic mass is 16.2. The number of anilines is 1. The lowest BCUT2D eigenvalue weighted by Gasteiger charge is -2.31. The highest BCUT2D eigenvalue weighted by Gasteiger charge is 2.19. The van der Waals surface area contributed by atoms with Crippen molar-refractivity contribution >= 4 is 11.8 Å². The molecule has 1 aromatic carbocycles. The molecule has 0 radical (unpaired) electrons. The summed E-state index contributed by atoms with van der Waals surface area (Å²) in [4.78, 5) is 14.9. The number of rotatable bonds is 7. The Kier molecular flexibility index (Phi) is 7.09. The number of piperidine rings is 1. The molecule has 1 fully saturated rings. The number of aryl methyl sites for hydroxylation is 1.